The van der Waals surface area contributed by atoms with E-state index in [-0.39, 0.29) is 11.6 Å². The van der Waals surface area contributed by atoms with Gasteiger partial charge in [0.05, 0.1) is 16.3 Å². The van der Waals surface area contributed by atoms with Crippen LogP contribution in [-0.4, -0.2) is 14.8 Å². The molecule has 0 atom stereocenters. The van der Waals surface area contributed by atoms with E-state index in [0.717, 1.165) is 43.5 Å². The summed E-state index contributed by atoms with van der Waals surface area (Å²) < 4.78 is 1.79. The smallest absolute Gasteiger partial charge is 0.203 e. The van der Waals surface area contributed by atoms with Crippen LogP contribution >= 0.6 is 23.2 Å². The Morgan fingerprint density at radius 2 is 1.90 bits per heavy atom. The number of aromatic nitrogens is 1. The van der Waals surface area contributed by atoms with Crippen LogP contribution in [0.1, 0.15) is 31.0 Å². The molecule has 1 aliphatic heterocycles. The predicted octanol–water partition coefficient (Wildman–Crippen LogP) is 4.77. The molecule has 2 N–H and O–H groups in total. The Labute approximate surface area is 133 Å². The van der Waals surface area contributed by atoms with Gasteiger partial charge in [0.15, 0.2) is 0 Å². The highest BCUT2D eigenvalue weighted by Crippen LogP contribution is 2.48. The first-order valence-electron chi connectivity index (χ1n) is 7.16. The van der Waals surface area contributed by atoms with Crippen LogP contribution in [0.15, 0.2) is 12.1 Å². The number of aryl methyl sites for hydroxylation is 1. The molecule has 5 heteroatoms. The number of nitrogens with zero attached hydrogens (tertiary/aromatic N) is 1. The van der Waals surface area contributed by atoms with Crippen molar-refractivity contribution < 1.29 is 10.2 Å². The first-order chi connectivity index (χ1) is 10.0. The second-order valence-corrected chi connectivity index (χ2v) is 6.22. The Morgan fingerprint density at radius 3 is 2.57 bits per heavy atom. The van der Waals surface area contributed by atoms with Crippen molar-refractivity contribution in [2.45, 2.75) is 39.2 Å². The summed E-state index contributed by atoms with van der Waals surface area (Å²) in [5, 5.41) is 22.1. The lowest BCUT2D eigenvalue weighted by Crippen LogP contribution is -2.08. The third-order valence-electron chi connectivity index (χ3n) is 4.13. The van der Waals surface area contributed by atoms with Gasteiger partial charge in [0.2, 0.25) is 5.88 Å². The van der Waals surface area contributed by atoms with Crippen molar-refractivity contribution >= 4 is 23.2 Å². The van der Waals surface area contributed by atoms with Crippen molar-refractivity contribution in [1.82, 2.24) is 4.57 Å². The van der Waals surface area contributed by atoms with Crippen LogP contribution in [-0.2, 0) is 19.4 Å². The SMILES string of the molecule is CCc1cc(Cl)cc(Cl)c1-c1c(O)c2n(c1O)CCCC2. The topological polar surface area (TPSA) is 45.4 Å². The Bertz CT molecular complexity index is 678. The fourth-order valence-electron chi connectivity index (χ4n) is 3.11. The van der Waals surface area contributed by atoms with E-state index in [0.29, 0.717) is 21.2 Å². The van der Waals surface area contributed by atoms with E-state index in [1.54, 1.807) is 10.6 Å². The lowest BCUT2D eigenvalue weighted by Gasteiger charge is -2.15. The quantitative estimate of drug-likeness (QED) is 0.835. The van der Waals surface area contributed by atoms with E-state index in [1.807, 2.05) is 13.0 Å². The maximum atomic E-state index is 10.6. The normalized spacial score (nSPS) is 14.2. The molecule has 3 rings (SSSR count). The van der Waals surface area contributed by atoms with Gasteiger partial charge in [-0.1, -0.05) is 30.1 Å². The van der Waals surface area contributed by atoms with Crippen molar-refractivity contribution in [1.29, 1.82) is 0 Å². The molecule has 1 aromatic carbocycles. The molecule has 2 aromatic rings. The van der Waals surface area contributed by atoms with Gasteiger partial charge in [0, 0.05) is 17.1 Å². The summed E-state index contributed by atoms with van der Waals surface area (Å²) in [5.74, 6) is 0.243. The van der Waals surface area contributed by atoms with Gasteiger partial charge in [-0.25, -0.2) is 0 Å². The molecule has 0 fully saturated rings. The summed E-state index contributed by atoms with van der Waals surface area (Å²) in [6, 6.07) is 3.48. The van der Waals surface area contributed by atoms with Crippen LogP contribution in [0.25, 0.3) is 11.1 Å². The highest BCUT2D eigenvalue weighted by Gasteiger charge is 2.27. The first-order valence-corrected chi connectivity index (χ1v) is 7.91. The van der Waals surface area contributed by atoms with Crippen LogP contribution in [0.3, 0.4) is 0 Å². The number of hydrogen-bond acceptors (Lipinski definition) is 2. The molecule has 0 unspecified atom stereocenters. The van der Waals surface area contributed by atoms with Gasteiger partial charge < -0.3 is 14.8 Å². The van der Waals surface area contributed by atoms with E-state index >= 15 is 0 Å². The second kappa shape index (κ2) is 5.47. The molecule has 0 bridgehead atoms. The predicted molar refractivity (Wildman–Crippen MR) is 85.5 cm³/mol. The number of rotatable bonds is 2. The Balaban J connectivity index is 2.29. The maximum absolute atomic E-state index is 10.6. The van der Waals surface area contributed by atoms with Crippen molar-refractivity contribution in [3.05, 3.63) is 33.4 Å². The highest BCUT2D eigenvalue weighted by atomic mass is 35.5. The summed E-state index contributed by atoms with van der Waals surface area (Å²) in [5.41, 5.74) is 2.83. The number of hydrogen-bond donors (Lipinski definition) is 2. The summed E-state index contributed by atoms with van der Waals surface area (Å²) in [6.45, 7) is 2.72. The van der Waals surface area contributed by atoms with Crippen LogP contribution in [0, 0.1) is 0 Å². The monoisotopic (exact) mass is 325 g/mol. The summed E-state index contributed by atoms with van der Waals surface area (Å²) in [6.07, 6.45) is 3.51. The molecule has 112 valence electrons. The van der Waals surface area contributed by atoms with Crippen molar-refractivity contribution in [2.24, 2.45) is 0 Å². The van der Waals surface area contributed by atoms with Crippen LogP contribution in [0.4, 0.5) is 0 Å². The molecule has 1 aromatic heterocycles. The van der Waals surface area contributed by atoms with Crippen LogP contribution < -0.4 is 0 Å². The fourth-order valence-corrected chi connectivity index (χ4v) is 3.74. The summed E-state index contributed by atoms with van der Waals surface area (Å²) in [7, 11) is 0. The van der Waals surface area contributed by atoms with Gasteiger partial charge in [0.1, 0.15) is 5.75 Å². The Kier molecular flexibility index (Phi) is 3.80. The molecule has 0 radical (unpaired) electrons. The number of aromatic hydroxyl groups is 2. The van der Waals surface area contributed by atoms with Gasteiger partial charge in [-0.15, -0.1) is 0 Å². The number of benzene rings is 1. The van der Waals surface area contributed by atoms with Crippen LogP contribution in [0.5, 0.6) is 11.6 Å². The fraction of sp³-hybridized carbons (Fsp3) is 0.375. The van der Waals surface area contributed by atoms with Crippen molar-refractivity contribution in [2.75, 3.05) is 0 Å². The minimum absolute atomic E-state index is 0.0983. The van der Waals surface area contributed by atoms with E-state index < -0.39 is 0 Å². The lowest BCUT2D eigenvalue weighted by molar-refractivity contribution is 0.391. The highest BCUT2D eigenvalue weighted by molar-refractivity contribution is 6.36. The molecule has 0 amide bonds. The number of fused-ring (bicyclic) bond motifs is 1. The average molecular weight is 326 g/mol. The largest absolute Gasteiger partial charge is 0.505 e. The zero-order valence-corrected chi connectivity index (χ0v) is 13.3. The zero-order valence-electron chi connectivity index (χ0n) is 11.8. The Hall–Kier alpha value is -1.32. The molecule has 21 heavy (non-hydrogen) atoms. The van der Waals surface area contributed by atoms with Gasteiger partial charge in [-0.05, 0) is 43.4 Å². The lowest BCUT2D eigenvalue weighted by atomic mass is 9.98. The third-order valence-corrected chi connectivity index (χ3v) is 4.64. The third kappa shape index (κ3) is 2.29. The molecule has 0 aliphatic carbocycles. The van der Waals surface area contributed by atoms with E-state index in [1.165, 1.54) is 0 Å². The van der Waals surface area contributed by atoms with Gasteiger partial charge in [-0.2, -0.15) is 0 Å². The number of halogens is 2. The first kappa shape index (κ1) is 14.6. The maximum Gasteiger partial charge on any atom is 0.203 e. The van der Waals surface area contributed by atoms with Gasteiger partial charge in [0.25, 0.3) is 0 Å². The minimum atomic E-state index is 0.0983. The summed E-state index contributed by atoms with van der Waals surface area (Å²) in [4.78, 5) is 0. The van der Waals surface area contributed by atoms with Gasteiger partial charge >= 0.3 is 0 Å². The molecule has 2 heterocycles. The van der Waals surface area contributed by atoms with Crippen molar-refractivity contribution in [3.63, 3.8) is 0 Å². The average Bonchev–Trinajstić information content (AvgIpc) is 2.71. The second-order valence-electron chi connectivity index (χ2n) is 5.38. The van der Waals surface area contributed by atoms with Gasteiger partial charge in [-0.3, -0.25) is 0 Å². The zero-order chi connectivity index (χ0) is 15.1. The molecule has 3 nitrogen and oxygen atoms in total. The van der Waals surface area contributed by atoms with E-state index in [4.69, 9.17) is 23.2 Å². The molecule has 1 aliphatic rings. The van der Waals surface area contributed by atoms with Crippen LogP contribution in [0.2, 0.25) is 10.0 Å². The molecule has 0 spiro atoms. The van der Waals surface area contributed by atoms with Crippen molar-refractivity contribution in [3.8, 4) is 22.8 Å². The molecule has 0 saturated heterocycles. The Morgan fingerprint density at radius 1 is 1.14 bits per heavy atom. The standard InChI is InChI=1S/C16H17Cl2NO2/c1-2-9-7-10(17)8-11(18)13(9)14-15(20)12-5-3-4-6-19(12)16(14)21/h7-8,20-21H,2-6H2,1H3. The van der Waals surface area contributed by atoms with E-state index in [9.17, 15) is 10.2 Å². The van der Waals surface area contributed by atoms with E-state index in [2.05, 4.69) is 0 Å². The summed E-state index contributed by atoms with van der Waals surface area (Å²) >= 11 is 12.4. The molecule has 0 saturated carbocycles. The molecular formula is C16H17Cl2NO2. The minimum Gasteiger partial charge on any atom is -0.505 e. The molecular weight excluding hydrogens is 309 g/mol.